The highest BCUT2D eigenvalue weighted by Crippen LogP contribution is 2.05. The van der Waals surface area contributed by atoms with Gasteiger partial charge in [0.2, 0.25) is 0 Å². The van der Waals surface area contributed by atoms with Crippen LogP contribution in [0.2, 0.25) is 0 Å². The van der Waals surface area contributed by atoms with Gasteiger partial charge in [0.25, 0.3) is 10.2 Å². The van der Waals surface area contributed by atoms with Crippen LogP contribution in [0.3, 0.4) is 0 Å². The van der Waals surface area contributed by atoms with Gasteiger partial charge in [-0.05, 0) is 31.2 Å². The van der Waals surface area contributed by atoms with E-state index in [1.54, 1.807) is 6.20 Å². The predicted octanol–water partition coefficient (Wildman–Crippen LogP) is 0.731. The van der Waals surface area contributed by atoms with Gasteiger partial charge in [0.05, 0.1) is 6.20 Å². The van der Waals surface area contributed by atoms with Gasteiger partial charge in [-0.2, -0.15) is 13.5 Å². The molecule has 0 aliphatic carbocycles. The SMILES string of the molecule is Cc1[nH]ncc1CCCNS(=O)(=O)NCC(C)C. The van der Waals surface area contributed by atoms with E-state index in [0.717, 1.165) is 24.1 Å². The molecule has 0 radical (unpaired) electrons. The minimum absolute atomic E-state index is 0.301. The number of H-pyrrole nitrogens is 1. The summed E-state index contributed by atoms with van der Waals surface area (Å²) in [6.45, 7) is 6.76. The molecule has 0 aromatic carbocycles. The second-order valence-corrected chi connectivity index (χ2v) is 6.35. The van der Waals surface area contributed by atoms with Crippen molar-refractivity contribution in [3.8, 4) is 0 Å². The first-order chi connectivity index (χ1) is 8.41. The molecule has 0 spiro atoms. The highest BCUT2D eigenvalue weighted by Gasteiger charge is 2.09. The zero-order valence-electron chi connectivity index (χ0n) is 11.2. The van der Waals surface area contributed by atoms with Crippen LogP contribution in [0.4, 0.5) is 0 Å². The Morgan fingerprint density at radius 2 is 2.11 bits per heavy atom. The van der Waals surface area contributed by atoms with Gasteiger partial charge in [-0.15, -0.1) is 0 Å². The van der Waals surface area contributed by atoms with Crippen LogP contribution in [0, 0.1) is 12.8 Å². The molecule has 104 valence electrons. The van der Waals surface area contributed by atoms with Crippen LogP contribution in [0.5, 0.6) is 0 Å². The van der Waals surface area contributed by atoms with Gasteiger partial charge in [-0.25, -0.2) is 9.44 Å². The lowest BCUT2D eigenvalue weighted by Crippen LogP contribution is -2.38. The fourth-order valence-electron chi connectivity index (χ4n) is 1.44. The van der Waals surface area contributed by atoms with Gasteiger partial charge < -0.3 is 0 Å². The number of nitrogens with one attached hydrogen (secondary N) is 3. The van der Waals surface area contributed by atoms with Crippen LogP contribution in [0.15, 0.2) is 6.20 Å². The lowest BCUT2D eigenvalue weighted by Gasteiger charge is -2.09. The fraction of sp³-hybridized carbons (Fsp3) is 0.727. The summed E-state index contributed by atoms with van der Waals surface area (Å²) in [6, 6.07) is 0. The van der Waals surface area contributed by atoms with Gasteiger partial charge in [0.15, 0.2) is 0 Å². The van der Waals surface area contributed by atoms with Crippen LogP contribution in [-0.4, -0.2) is 31.7 Å². The summed E-state index contributed by atoms with van der Waals surface area (Å²) in [5.41, 5.74) is 2.17. The summed E-state index contributed by atoms with van der Waals surface area (Å²) in [5.74, 6) is 0.301. The quantitative estimate of drug-likeness (QED) is 0.611. The summed E-state index contributed by atoms with van der Waals surface area (Å²) in [6.07, 6.45) is 3.35. The van der Waals surface area contributed by atoms with Crippen LogP contribution in [-0.2, 0) is 16.6 Å². The topological polar surface area (TPSA) is 86.9 Å². The molecular formula is C11H22N4O2S. The fourth-order valence-corrected chi connectivity index (χ4v) is 2.51. The van der Waals surface area contributed by atoms with Crippen molar-refractivity contribution in [3.63, 3.8) is 0 Å². The number of hydrogen-bond donors (Lipinski definition) is 3. The Balaban J connectivity index is 2.23. The predicted molar refractivity (Wildman–Crippen MR) is 71.4 cm³/mol. The van der Waals surface area contributed by atoms with Crippen molar-refractivity contribution in [2.24, 2.45) is 5.92 Å². The van der Waals surface area contributed by atoms with E-state index in [9.17, 15) is 8.42 Å². The third-order valence-electron chi connectivity index (χ3n) is 2.53. The second-order valence-electron chi connectivity index (χ2n) is 4.76. The smallest absolute Gasteiger partial charge is 0.276 e. The first-order valence-electron chi connectivity index (χ1n) is 6.14. The molecule has 0 saturated carbocycles. The van der Waals surface area contributed by atoms with Gasteiger partial charge in [-0.3, -0.25) is 5.10 Å². The van der Waals surface area contributed by atoms with Gasteiger partial charge in [0.1, 0.15) is 0 Å². The number of aryl methyl sites for hydroxylation is 2. The molecule has 0 aliphatic heterocycles. The van der Waals surface area contributed by atoms with Crippen LogP contribution < -0.4 is 9.44 Å². The zero-order valence-corrected chi connectivity index (χ0v) is 12.0. The van der Waals surface area contributed by atoms with Crippen LogP contribution >= 0.6 is 0 Å². The summed E-state index contributed by atoms with van der Waals surface area (Å²) in [5, 5.41) is 6.78. The molecular weight excluding hydrogens is 252 g/mol. The highest BCUT2D eigenvalue weighted by atomic mass is 32.2. The molecule has 0 atom stereocenters. The average Bonchev–Trinajstić information content (AvgIpc) is 2.68. The lowest BCUT2D eigenvalue weighted by molar-refractivity contribution is 0.545. The number of hydrogen-bond acceptors (Lipinski definition) is 3. The standard InChI is InChI=1S/C11H22N4O2S/c1-9(2)7-14-18(16,17)13-6-4-5-11-8-12-15-10(11)3/h8-9,13-14H,4-7H2,1-3H3,(H,12,15). The molecule has 7 heteroatoms. The minimum Gasteiger partial charge on any atom is -0.283 e. The van der Waals surface area contributed by atoms with Crippen molar-refractivity contribution in [2.45, 2.75) is 33.6 Å². The number of aromatic amines is 1. The minimum atomic E-state index is -3.35. The van der Waals surface area contributed by atoms with Gasteiger partial charge in [0, 0.05) is 18.8 Å². The molecule has 1 aromatic heterocycles. The Morgan fingerprint density at radius 1 is 1.39 bits per heavy atom. The van der Waals surface area contributed by atoms with E-state index in [0.29, 0.717) is 19.0 Å². The Kier molecular flexibility index (Phi) is 5.77. The summed E-state index contributed by atoms with van der Waals surface area (Å²) >= 11 is 0. The molecule has 6 nitrogen and oxygen atoms in total. The zero-order chi connectivity index (χ0) is 13.6. The van der Waals surface area contributed by atoms with Crippen molar-refractivity contribution >= 4 is 10.2 Å². The molecule has 1 rings (SSSR count). The molecule has 1 heterocycles. The van der Waals surface area contributed by atoms with E-state index < -0.39 is 10.2 Å². The van der Waals surface area contributed by atoms with Crippen molar-refractivity contribution < 1.29 is 8.42 Å². The molecule has 0 fully saturated rings. The number of rotatable bonds is 8. The highest BCUT2D eigenvalue weighted by molar-refractivity contribution is 7.87. The van der Waals surface area contributed by atoms with E-state index in [4.69, 9.17) is 0 Å². The molecule has 0 saturated heterocycles. The Labute approximate surface area is 109 Å². The summed E-state index contributed by atoms with van der Waals surface area (Å²) < 4.78 is 28.1. The average molecular weight is 274 g/mol. The molecule has 0 bridgehead atoms. The van der Waals surface area contributed by atoms with Crippen molar-refractivity contribution in [3.05, 3.63) is 17.5 Å². The lowest BCUT2D eigenvalue weighted by atomic mass is 10.1. The maximum atomic E-state index is 11.5. The Hall–Kier alpha value is -0.920. The van der Waals surface area contributed by atoms with E-state index in [1.807, 2.05) is 20.8 Å². The van der Waals surface area contributed by atoms with Crippen molar-refractivity contribution in [1.82, 2.24) is 19.6 Å². The van der Waals surface area contributed by atoms with Gasteiger partial charge >= 0.3 is 0 Å². The van der Waals surface area contributed by atoms with Crippen LogP contribution in [0.25, 0.3) is 0 Å². The summed E-state index contributed by atoms with van der Waals surface area (Å²) in [4.78, 5) is 0. The van der Waals surface area contributed by atoms with E-state index in [1.165, 1.54) is 0 Å². The van der Waals surface area contributed by atoms with E-state index >= 15 is 0 Å². The molecule has 0 unspecified atom stereocenters. The van der Waals surface area contributed by atoms with Gasteiger partial charge in [-0.1, -0.05) is 13.8 Å². The van der Waals surface area contributed by atoms with Crippen molar-refractivity contribution in [2.75, 3.05) is 13.1 Å². The molecule has 0 amide bonds. The number of nitrogens with zero attached hydrogens (tertiary/aromatic N) is 1. The third-order valence-corrected chi connectivity index (χ3v) is 3.66. The maximum Gasteiger partial charge on any atom is 0.276 e. The second kappa shape index (κ2) is 6.86. The largest absolute Gasteiger partial charge is 0.283 e. The van der Waals surface area contributed by atoms with Crippen molar-refractivity contribution in [1.29, 1.82) is 0 Å². The Morgan fingerprint density at radius 3 is 2.67 bits per heavy atom. The third kappa shape index (κ3) is 5.61. The monoisotopic (exact) mass is 274 g/mol. The molecule has 3 N–H and O–H groups in total. The van der Waals surface area contributed by atoms with E-state index in [2.05, 4.69) is 19.6 Å². The molecule has 18 heavy (non-hydrogen) atoms. The maximum absolute atomic E-state index is 11.5. The summed E-state index contributed by atoms with van der Waals surface area (Å²) in [7, 11) is -3.35. The van der Waals surface area contributed by atoms with Crippen LogP contribution in [0.1, 0.15) is 31.5 Å². The first kappa shape index (κ1) is 15.1. The molecule has 0 aliphatic rings. The first-order valence-corrected chi connectivity index (χ1v) is 7.62. The number of aromatic nitrogens is 2. The Bertz CT molecular complexity index is 453. The molecule has 1 aromatic rings. The normalized spacial score (nSPS) is 12.2. The van der Waals surface area contributed by atoms with E-state index in [-0.39, 0.29) is 0 Å².